The minimum Gasteiger partial charge on any atom is -0.326 e. The third kappa shape index (κ3) is 3.08. The lowest BCUT2D eigenvalue weighted by Crippen LogP contribution is -2.25. The molecule has 23 heavy (non-hydrogen) atoms. The van der Waals surface area contributed by atoms with Crippen LogP contribution in [0.1, 0.15) is 25.3 Å². The molecule has 0 spiro atoms. The van der Waals surface area contributed by atoms with Gasteiger partial charge in [-0.1, -0.05) is 12.1 Å². The number of alkyl halides is 2. The van der Waals surface area contributed by atoms with Crippen molar-refractivity contribution in [1.82, 2.24) is 5.32 Å². The number of benzene rings is 1. The summed E-state index contributed by atoms with van der Waals surface area (Å²) in [5.41, 5.74) is 0.805. The lowest BCUT2D eigenvalue weighted by molar-refractivity contribution is -0.126. The van der Waals surface area contributed by atoms with E-state index in [1.54, 1.807) is 19.1 Å². The van der Waals surface area contributed by atoms with Crippen molar-refractivity contribution in [2.45, 2.75) is 30.5 Å². The van der Waals surface area contributed by atoms with Crippen LogP contribution in [0.5, 0.6) is 0 Å². The molecular weight excluding hydrogens is 339 g/mol. The lowest BCUT2D eigenvalue weighted by atomic mass is 9.98. The highest BCUT2D eigenvalue weighted by Crippen LogP contribution is 2.64. The average Bonchev–Trinajstić information content (AvgIpc) is 2.83. The molecule has 5 nitrogen and oxygen atoms in total. The first-order valence-electron chi connectivity index (χ1n) is 7.33. The third-order valence-electron chi connectivity index (χ3n) is 4.52. The van der Waals surface area contributed by atoms with Crippen LogP contribution in [0.2, 0.25) is 0 Å². The minimum absolute atomic E-state index is 0.212. The molecule has 0 radical (unpaired) electrons. The van der Waals surface area contributed by atoms with Gasteiger partial charge < -0.3 is 5.32 Å². The molecule has 1 heterocycles. The summed E-state index contributed by atoms with van der Waals surface area (Å²) in [5.74, 6) is -0.987. The summed E-state index contributed by atoms with van der Waals surface area (Å²) in [6.45, 7) is 1.73. The van der Waals surface area contributed by atoms with Gasteiger partial charge in [-0.2, -0.15) is 0 Å². The van der Waals surface area contributed by atoms with Crippen LogP contribution < -0.4 is 10.6 Å². The standard InChI is InChI=1S/C16H16Cl2N2O3/c1-15(8-16(15,17)18)14(23)19-11-4-2-9(3-5-11)6-10-7-12(21)20-13(10)22/h2-5,10H,6-8H2,1H3,(H,19,23)(H,20,21,22)/t10-,15-/m0/s1. The number of rotatable bonds is 4. The first-order chi connectivity index (χ1) is 10.7. The topological polar surface area (TPSA) is 75.3 Å². The second-order valence-corrected chi connectivity index (χ2v) is 7.87. The van der Waals surface area contributed by atoms with Crippen LogP contribution >= 0.6 is 23.2 Å². The summed E-state index contributed by atoms with van der Waals surface area (Å²) in [7, 11) is 0. The van der Waals surface area contributed by atoms with Gasteiger partial charge in [-0.15, -0.1) is 23.2 Å². The fourth-order valence-corrected chi connectivity index (χ4v) is 3.40. The van der Waals surface area contributed by atoms with E-state index in [9.17, 15) is 14.4 Å². The molecule has 0 aromatic heterocycles. The number of hydrogen-bond acceptors (Lipinski definition) is 3. The largest absolute Gasteiger partial charge is 0.326 e. The number of imide groups is 1. The number of anilines is 1. The smallest absolute Gasteiger partial charge is 0.233 e. The predicted molar refractivity (Wildman–Crippen MR) is 87.2 cm³/mol. The van der Waals surface area contributed by atoms with Crippen LogP contribution in [0.4, 0.5) is 5.69 Å². The van der Waals surface area contributed by atoms with Crippen LogP contribution in [0.15, 0.2) is 24.3 Å². The van der Waals surface area contributed by atoms with Crippen LogP contribution in [0, 0.1) is 11.3 Å². The van der Waals surface area contributed by atoms with Gasteiger partial charge >= 0.3 is 0 Å². The summed E-state index contributed by atoms with van der Waals surface area (Å²) >= 11 is 12.0. The molecular formula is C16H16Cl2N2O3. The second kappa shape index (κ2) is 5.49. The van der Waals surface area contributed by atoms with Crippen molar-refractivity contribution in [3.63, 3.8) is 0 Å². The molecule has 122 valence electrons. The number of amides is 3. The molecule has 1 aromatic carbocycles. The summed E-state index contributed by atoms with van der Waals surface area (Å²) in [6.07, 6.45) is 1.15. The third-order valence-corrected chi connectivity index (χ3v) is 5.62. The van der Waals surface area contributed by atoms with Gasteiger partial charge in [-0.25, -0.2) is 0 Å². The van der Waals surface area contributed by atoms with Crippen molar-refractivity contribution < 1.29 is 14.4 Å². The predicted octanol–water partition coefficient (Wildman–Crippen LogP) is 2.41. The molecule has 0 bridgehead atoms. The summed E-state index contributed by atoms with van der Waals surface area (Å²) in [4.78, 5) is 34.9. The Morgan fingerprint density at radius 3 is 2.39 bits per heavy atom. The van der Waals surface area contributed by atoms with Crippen molar-refractivity contribution in [3.8, 4) is 0 Å². The Bertz CT molecular complexity index is 687. The maximum Gasteiger partial charge on any atom is 0.233 e. The van der Waals surface area contributed by atoms with E-state index in [2.05, 4.69) is 10.6 Å². The average molecular weight is 355 g/mol. The van der Waals surface area contributed by atoms with Crippen molar-refractivity contribution in [3.05, 3.63) is 29.8 Å². The summed E-state index contributed by atoms with van der Waals surface area (Å²) < 4.78 is -1.00. The van der Waals surface area contributed by atoms with E-state index < -0.39 is 9.75 Å². The summed E-state index contributed by atoms with van der Waals surface area (Å²) in [6, 6.07) is 7.18. The van der Waals surface area contributed by atoms with E-state index in [0.29, 0.717) is 18.5 Å². The van der Waals surface area contributed by atoms with Gasteiger partial charge in [0.05, 0.1) is 11.3 Å². The Morgan fingerprint density at radius 2 is 1.91 bits per heavy atom. The Labute approximate surface area is 143 Å². The summed E-state index contributed by atoms with van der Waals surface area (Å²) in [5, 5.41) is 5.09. The first-order valence-corrected chi connectivity index (χ1v) is 8.09. The molecule has 7 heteroatoms. The molecule has 3 amide bonds. The Kier molecular flexibility index (Phi) is 3.89. The second-order valence-electron chi connectivity index (χ2n) is 6.38. The molecule has 1 saturated carbocycles. The zero-order chi connectivity index (χ0) is 16.8. The maximum absolute atomic E-state index is 12.2. The van der Waals surface area contributed by atoms with Gasteiger partial charge in [0, 0.05) is 12.1 Å². The van der Waals surface area contributed by atoms with E-state index in [-0.39, 0.29) is 30.1 Å². The van der Waals surface area contributed by atoms with Crippen LogP contribution in [-0.4, -0.2) is 22.1 Å². The zero-order valence-electron chi connectivity index (χ0n) is 12.5. The Hall–Kier alpha value is -1.59. The Morgan fingerprint density at radius 1 is 1.30 bits per heavy atom. The molecule has 1 aliphatic heterocycles. The van der Waals surface area contributed by atoms with E-state index in [1.807, 2.05) is 12.1 Å². The van der Waals surface area contributed by atoms with Crippen molar-refractivity contribution in [1.29, 1.82) is 0 Å². The molecule has 2 N–H and O–H groups in total. The fraction of sp³-hybridized carbons (Fsp3) is 0.438. The first kappa shape index (κ1) is 16.3. The Balaban J connectivity index is 1.61. The molecule has 1 aliphatic carbocycles. The van der Waals surface area contributed by atoms with Gasteiger partial charge in [0.15, 0.2) is 0 Å². The number of carbonyl (C=O) groups is 3. The number of hydrogen-bond donors (Lipinski definition) is 2. The fourth-order valence-electron chi connectivity index (χ4n) is 2.70. The maximum atomic E-state index is 12.2. The number of nitrogens with one attached hydrogen (secondary N) is 2. The monoisotopic (exact) mass is 354 g/mol. The van der Waals surface area contributed by atoms with Gasteiger partial charge in [-0.3, -0.25) is 19.7 Å². The molecule has 2 fully saturated rings. The van der Waals surface area contributed by atoms with E-state index in [0.717, 1.165) is 5.56 Å². The van der Waals surface area contributed by atoms with Crippen LogP contribution in [-0.2, 0) is 20.8 Å². The molecule has 1 saturated heterocycles. The lowest BCUT2D eigenvalue weighted by Gasteiger charge is -2.13. The van der Waals surface area contributed by atoms with Crippen molar-refractivity contribution in [2.24, 2.45) is 11.3 Å². The highest BCUT2D eigenvalue weighted by Gasteiger charge is 2.67. The van der Waals surface area contributed by atoms with Gasteiger partial charge in [-0.05, 0) is 37.5 Å². The number of halogens is 2. The molecule has 0 unspecified atom stereocenters. The quantitative estimate of drug-likeness (QED) is 0.643. The zero-order valence-corrected chi connectivity index (χ0v) is 14.0. The van der Waals surface area contributed by atoms with Crippen LogP contribution in [0.25, 0.3) is 0 Å². The molecule has 3 rings (SSSR count). The minimum atomic E-state index is -1.00. The molecule has 2 atom stereocenters. The van der Waals surface area contributed by atoms with Crippen LogP contribution in [0.3, 0.4) is 0 Å². The molecule has 1 aromatic rings. The highest BCUT2D eigenvalue weighted by molar-refractivity contribution is 6.53. The van der Waals surface area contributed by atoms with Gasteiger partial charge in [0.2, 0.25) is 17.7 Å². The normalized spacial score (nSPS) is 28.4. The van der Waals surface area contributed by atoms with Crippen molar-refractivity contribution >= 4 is 46.6 Å². The van der Waals surface area contributed by atoms with Gasteiger partial charge in [0.1, 0.15) is 4.33 Å². The number of carbonyl (C=O) groups excluding carboxylic acids is 3. The van der Waals surface area contributed by atoms with Crippen molar-refractivity contribution in [2.75, 3.05) is 5.32 Å². The highest BCUT2D eigenvalue weighted by atomic mass is 35.5. The van der Waals surface area contributed by atoms with E-state index in [4.69, 9.17) is 23.2 Å². The van der Waals surface area contributed by atoms with Gasteiger partial charge in [0.25, 0.3) is 0 Å². The molecule has 2 aliphatic rings. The van der Waals surface area contributed by atoms with E-state index >= 15 is 0 Å². The SMILES string of the molecule is C[C@@]1(C(=O)Nc2ccc(C[C@H]3CC(=O)NC3=O)cc2)CC1(Cl)Cl. The van der Waals surface area contributed by atoms with E-state index in [1.165, 1.54) is 0 Å².